The van der Waals surface area contributed by atoms with Crippen LogP contribution in [0.5, 0.6) is 0 Å². The maximum Gasteiger partial charge on any atom is 0 e. The Labute approximate surface area is 160 Å². The molecule has 0 aromatic carbocycles. The van der Waals surface area contributed by atoms with Gasteiger partial charge in [0.2, 0.25) is 0 Å². The first kappa shape index (κ1) is 30.6. The van der Waals surface area contributed by atoms with Crippen LogP contribution in [0.3, 0.4) is 0 Å². The van der Waals surface area contributed by atoms with Crippen molar-refractivity contribution in [3.05, 3.63) is 22.6 Å². The summed E-state index contributed by atoms with van der Waals surface area (Å²) in [5, 5.41) is 24.2. The second-order valence-electron chi connectivity index (χ2n) is 6.73. The summed E-state index contributed by atoms with van der Waals surface area (Å²) in [4.78, 5) is 0. The Bertz CT molecular complexity index is 258. The Morgan fingerprint density at radius 1 is 0.864 bits per heavy atom. The fourth-order valence-corrected chi connectivity index (χ4v) is 3.54. The summed E-state index contributed by atoms with van der Waals surface area (Å²) < 4.78 is 1.54. The van der Waals surface area contributed by atoms with E-state index in [1.54, 1.807) is 41.5 Å². The molecule has 22 heavy (non-hydrogen) atoms. The average molecular weight is 541 g/mol. The van der Waals surface area contributed by atoms with Crippen molar-refractivity contribution in [2.45, 2.75) is 83.5 Å². The van der Waals surface area contributed by atoms with Crippen molar-refractivity contribution in [2.24, 2.45) is 0 Å². The van der Waals surface area contributed by atoms with Crippen LogP contribution in [-0.2, 0) is 25.8 Å². The number of aliphatic hydroxyl groups is 3. The van der Waals surface area contributed by atoms with E-state index in [1.807, 2.05) is 0 Å². The van der Waals surface area contributed by atoms with Crippen LogP contribution in [0.1, 0.15) is 48.0 Å². The molecule has 0 saturated carbocycles. The van der Waals surface area contributed by atoms with E-state index in [1.165, 1.54) is 4.41 Å². The molecular formula is C17H37GeHfO3-. The summed E-state index contributed by atoms with van der Waals surface area (Å²) in [5.74, 6) is 7.20. The van der Waals surface area contributed by atoms with E-state index < -0.39 is 13.3 Å². The quantitative estimate of drug-likeness (QED) is 0.351. The largest absolute Gasteiger partial charge is 0 e. The summed E-state index contributed by atoms with van der Waals surface area (Å²) in [5.41, 5.74) is 0. The van der Waals surface area contributed by atoms with Crippen LogP contribution in [0.25, 0.3) is 0 Å². The molecule has 1 aliphatic carbocycles. The summed E-state index contributed by atoms with van der Waals surface area (Å²) in [6, 6.07) is 0. The van der Waals surface area contributed by atoms with Crippen molar-refractivity contribution in [1.29, 1.82) is 0 Å². The van der Waals surface area contributed by atoms with E-state index >= 15 is 0 Å². The topological polar surface area (TPSA) is 60.7 Å². The van der Waals surface area contributed by atoms with Gasteiger partial charge in [-0.25, -0.2) is 0 Å². The summed E-state index contributed by atoms with van der Waals surface area (Å²) in [6.07, 6.45) is 8.39. The van der Waals surface area contributed by atoms with E-state index in [-0.39, 0.29) is 44.2 Å². The maximum absolute atomic E-state index is 8.06. The fraction of sp³-hybridized carbons (Fsp3) is 0.765. The second-order valence-corrected chi connectivity index (χ2v) is 17.3. The third kappa shape index (κ3) is 42.8. The van der Waals surface area contributed by atoms with E-state index in [2.05, 4.69) is 35.5 Å². The molecule has 0 radical (unpaired) electrons. The molecule has 0 spiro atoms. The van der Waals surface area contributed by atoms with E-state index in [0.29, 0.717) is 0 Å². The third-order valence-electron chi connectivity index (χ3n) is 1.50. The van der Waals surface area contributed by atoms with Crippen molar-refractivity contribution in [3.8, 4) is 0 Å². The Hall–Kier alpha value is 0.773. The van der Waals surface area contributed by atoms with Crippen LogP contribution in [0.4, 0.5) is 0 Å². The van der Waals surface area contributed by atoms with Crippen LogP contribution in [0.15, 0.2) is 16.6 Å². The van der Waals surface area contributed by atoms with Gasteiger partial charge >= 0.3 is 59.6 Å². The zero-order valence-electron chi connectivity index (χ0n) is 15.9. The minimum absolute atomic E-state index is 0. The summed E-state index contributed by atoms with van der Waals surface area (Å²) in [6.45, 7) is 10.3. The molecule has 0 heterocycles. The van der Waals surface area contributed by atoms with Gasteiger partial charge in [0.05, 0.1) is 0 Å². The van der Waals surface area contributed by atoms with Gasteiger partial charge in [0.15, 0.2) is 0 Å². The maximum atomic E-state index is 8.06. The van der Waals surface area contributed by atoms with E-state index in [4.69, 9.17) is 15.3 Å². The Morgan fingerprint density at radius 3 is 1.23 bits per heavy atom. The molecule has 0 saturated heterocycles. The zero-order valence-corrected chi connectivity index (χ0v) is 21.6. The fourth-order valence-electron chi connectivity index (χ4n) is 0.920. The summed E-state index contributed by atoms with van der Waals surface area (Å²) >= 11 is -1.46. The van der Waals surface area contributed by atoms with Gasteiger partial charge in [-0.15, -0.1) is 0 Å². The molecule has 132 valence electrons. The molecule has 0 bridgehead atoms. The van der Waals surface area contributed by atoms with Gasteiger partial charge in [0.1, 0.15) is 0 Å². The zero-order chi connectivity index (χ0) is 17.6. The standard InChI is InChI=1S/C8H13Ge.3C3H8O.Hf/c1-9(2,3)8-6-4-5-7-8;3*1-3(2)4;/h4,6H,5H2,1-3H3;3*3-4H,1-2H3;/q-1;;;;. The molecule has 0 fully saturated rings. The minimum atomic E-state index is -1.46. The second kappa shape index (κ2) is 18.1. The Kier molecular flexibility index (Phi) is 25.2. The van der Waals surface area contributed by atoms with Crippen LogP contribution >= 0.6 is 0 Å². The number of hydrogen-bond acceptors (Lipinski definition) is 3. The van der Waals surface area contributed by atoms with Crippen molar-refractivity contribution in [1.82, 2.24) is 0 Å². The molecule has 3 N–H and O–H groups in total. The van der Waals surface area contributed by atoms with Gasteiger partial charge in [-0.05, 0) is 41.5 Å². The van der Waals surface area contributed by atoms with Gasteiger partial charge in [-0.2, -0.15) is 0 Å². The predicted octanol–water partition coefficient (Wildman–Crippen LogP) is 3.71. The molecule has 5 heteroatoms. The van der Waals surface area contributed by atoms with Crippen LogP contribution < -0.4 is 0 Å². The first-order valence-corrected chi connectivity index (χ1v) is 15.0. The molecular weight excluding hydrogens is 503 g/mol. The predicted molar refractivity (Wildman–Crippen MR) is 95.9 cm³/mol. The van der Waals surface area contributed by atoms with Gasteiger partial charge in [-0.1, -0.05) is 0 Å². The third-order valence-corrected chi connectivity index (χ3v) is 5.61. The van der Waals surface area contributed by atoms with E-state index in [9.17, 15) is 0 Å². The summed E-state index contributed by atoms with van der Waals surface area (Å²) in [7, 11) is 0. The normalized spacial score (nSPS) is 12.4. The van der Waals surface area contributed by atoms with Gasteiger partial charge in [0.25, 0.3) is 0 Å². The molecule has 1 rings (SSSR count). The number of aliphatic hydroxyl groups excluding tert-OH is 3. The van der Waals surface area contributed by atoms with Crippen molar-refractivity contribution >= 4 is 13.3 Å². The van der Waals surface area contributed by atoms with E-state index in [0.717, 1.165) is 6.42 Å². The first-order valence-electron chi connectivity index (χ1n) is 7.62. The number of rotatable bonds is 1. The number of hydrogen-bond donors (Lipinski definition) is 3. The van der Waals surface area contributed by atoms with Crippen molar-refractivity contribution in [3.63, 3.8) is 0 Å². The van der Waals surface area contributed by atoms with Gasteiger partial charge < -0.3 is 15.3 Å². The smallest absolute Gasteiger partial charge is 0 e. The van der Waals surface area contributed by atoms with Crippen LogP contribution in [0, 0.1) is 6.08 Å². The average Bonchev–Trinajstić information content (AvgIpc) is 2.64. The molecule has 0 atom stereocenters. The van der Waals surface area contributed by atoms with Crippen LogP contribution in [0.2, 0.25) is 17.3 Å². The molecule has 3 nitrogen and oxygen atoms in total. The monoisotopic (exact) mass is 543 g/mol. The molecule has 0 aromatic heterocycles. The Morgan fingerprint density at radius 2 is 1.14 bits per heavy atom. The van der Waals surface area contributed by atoms with Gasteiger partial charge in [-0.3, -0.25) is 0 Å². The number of allylic oxidation sites excluding steroid dienone is 4. The van der Waals surface area contributed by atoms with Crippen molar-refractivity contribution < 1.29 is 41.2 Å². The van der Waals surface area contributed by atoms with Crippen LogP contribution in [-0.4, -0.2) is 46.9 Å². The molecule has 0 aromatic rings. The molecule has 0 amide bonds. The Balaban J connectivity index is -0.000000107. The van der Waals surface area contributed by atoms with Gasteiger partial charge in [0, 0.05) is 44.2 Å². The molecule has 1 aliphatic rings. The SMILES string of the molecule is CC(C)O.CC(C)O.CC(C)O.[CH3][Ge]([CH3])([CH3])[C]1=[C-]CC=C1.[Hf]. The minimum Gasteiger partial charge on any atom is 0 e. The molecule has 0 unspecified atom stereocenters. The molecule has 0 aliphatic heterocycles. The van der Waals surface area contributed by atoms with Crippen molar-refractivity contribution in [2.75, 3.05) is 0 Å². The first-order chi connectivity index (χ1) is 9.30.